The Morgan fingerprint density at radius 1 is 1.05 bits per heavy atom. The van der Waals surface area contributed by atoms with Gasteiger partial charge in [0.1, 0.15) is 0 Å². The van der Waals surface area contributed by atoms with Crippen molar-refractivity contribution in [2.45, 2.75) is 12.8 Å². The number of aromatic nitrogens is 1. The zero-order valence-electron chi connectivity index (χ0n) is 11.1. The number of hydrogen-bond acceptors (Lipinski definition) is 0. The van der Waals surface area contributed by atoms with Crippen LogP contribution in [0.15, 0.2) is 67.3 Å². The van der Waals surface area contributed by atoms with E-state index in [4.69, 9.17) is 0 Å². The fourth-order valence-corrected chi connectivity index (χ4v) is 2.62. The summed E-state index contributed by atoms with van der Waals surface area (Å²) in [4.78, 5) is 3.50. The van der Waals surface area contributed by atoms with Crippen LogP contribution < -0.4 is 0 Å². The van der Waals surface area contributed by atoms with Gasteiger partial charge in [0, 0.05) is 17.1 Å². The minimum atomic E-state index is 0.216. The second-order valence-electron chi connectivity index (χ2n) is 4.88. The molecular formula is C18H17N. The number of fused-ring (bicyclic) bond motifs is 1. The average molecular weight is 247 g/mol. The number of nitrogens with one attached hydrogen (secondary N) is 1. The molecule has 2 aromatic carbocycles. The molecule has 94 valence electrons. The van der Waals surface area contributed by atoms with E-state index in [1.54, 1.807) is 0 Å². The number of H-pyrrole nitrogens is 1. The summed E-state index contributed by atoms with van der Waals surface area (Å²) >= 11 is 0. The number of allylic oxidation sites excluding steroid dienone is 1. The van der Waals surface area contributed by atoms with Crippen molar-refractivity contribution in [2.75, 3.05) is 0 Å². The molecule has 1 heteroatoms. The van der Waals surface area contributed by atoms with Gasteiger partial charge in [-0.05, 0) is 35.6 Å². The van der Waals surface area contributed by atoms with Gasteiger partial charge in [-0.2, -0.15) is 0 Å². The number of aryl methyl sites for hydroxylation is 1. The van der Waals surface area contributed by atoms with Crippen molar-refractivity contribution in [2.24, 2.45) is 0 Å². The maximum atomic E-state index is 4.01. The molecule has 0 radical (unpaired) electrons. The normalized spacial score (nSPS) is 12.5. The lowest BCUT2D eigenvalue weighted by Crippen LogP contribution is -2.00. The summed E-state index contributed by atoms with van der Waals surface area (Å²) in [6, 6.07) is 19.1. The minimum Gasteiger partial charge on any atom is -0.358 e. The van der Waals surface area contributed by atoms with Crippen LogP contribution in [0.25, 0.3) is 10.9 Å². The average Bonchev–Trinajstić information content (AvgIpc) is 2.85. The number of aromatic amines is 1. The van der Waals surface area contributed by atoms with E-state index in [1.807, 2.05) is 6.08 Å². The van der Waals surface area contributed by atoms with Gasteiger partial charge >= 0.3 is 0 Å². The van der Waals surface area contributed by atoms with Crippen molar-refractivity contribution in [3.05, 3.63) is 84.1 Å². The third kappa shape index (κ3) is 2.08. The topological polar surface area (TPSA) is 15.8 Å². The zero-order valence-corrected chi connectivity index (χ0v) is 11.1. The first kappa shape index (κ1) is 11.8. The van der Waals surface area contributed by atoms with E-state index in [2.05, 4.69) is 73.1 Å². The van der Waals surface area contributed by atoms with Crippen LogP contribution in [-0.4, -0.2) is 4.98 Å². The quantitative estimate of drug-likeness (QED) is 0.640. The highest BCUT2D eigenvalue weighted by atomic mass is 14.7. The molecule has 0 aliphatic carbocycles. The summed E-state index contributed by atoms with van der Waals surface area (Å²) in [5.41, 5.74) is 4.98. The summed E-state index contributed by atoms with van der Waals surface area (Å²) in [6.45, 7) is 6.15. The molecular weight excluding hydrogens is 230 g/mol. The minimum absolute atomic E-state index is 0.216. The SMILES string of the molecule is C=CC(c1cc2ccccc2[nH]1)c1ccccc1C. The smallest absolute Gasteiger partial charge is 0.0456 e. The lowest BCUT2D eigenvalue weighted by molar-refractivity contribution is 0.968. The third-order valence-electron chi connectivity index (χ3n) is 3.65. The first-order valence-corrected chi connectivity index (χ1v) is 6.55. The third-order valence-corrected chi connectivity index (χ3v) is 3.65. The Kier molecular flexibility index (Phi) is 2.96. The molecule has 1 atom stereocenters. The van der Waals surface area contributed by atoms with Gasteiger partial charge in [-0.15, -0.1) is 6.58 Å². The fraction of sp³-hybridized carbons (Fsp3) is 0.111. The standard InChI is InChI=1S/C18H17N/c1-3-15(16-10-6-4-8-13(16)2)18-12-14-9-5-7-11-17(14)19-18/h3-12,15,19H,1H2,2H3. The van der Waals surface area contributed by atoms with Gasteiger partial charge in [-0.3, -0.25) is 0 Å². The maximum absolute atomic E-state index is 4.01. The van der Waals surface area contributed by atoms with Crippen molar-refractivity contribution < 1.29 is 0 Å². The van der Waals surface area contributed by atoms with Gasteiger partial charge in [0.2, 0.25) is 0 Å². The fourth-order valence-electron chi connectivity index (χ4n) is 2.62. The van der Waals surface area contributed by atoms with Gasteiger partial charge < -0.3 is 4.98 Å². The summed E-state index contributed by atoms with van der Waals surface area (Å²) in [6.07, 6.45) is 2.01. The predicted molar refractivity (Wildman–Crippen MR) is 81.5 cm³/mol. The lowest BCUT2D eigenvalue weighted by atomic mass is 9.92. The monoisotopic (exact) mass is 247 g/mol. The van der Waals surface area contributed by atoms with Gasteiger partial charge in [0.25, 0.3) is 0 Å². The molecule has 0 bridgehead atoms. The van der Waals surface area contributed by atoms with E-state index in [1.165, 1.54) is 27.7 Å². The Hall–Kier alpha value is -2.28. The molecule has 3 aromatic rings. The first-order chi connectivity index (χ1) is 9.29. The Bertz CT molecular complexity index is 688. The molecule has 1 nitrogen and oxygen atoms in total. The molecule has 3 rings (SSSR count). The summed E-state index contributed by atoms with van der Waals surface area (Å²) in [5, 5.41) is 1.25. The van der Waals surface area contributed by atoms with Gasteiger partial charge in [-0.25, -0.2) is 0 Å². The molecule has 1 unspecified atom stereocenters. The van der Waals surface area contributed by atoms with Gasteiger partial charge in [0.05, 0.1) is 0 Å². The molecule has 1 N–H and O–H groups in total. The number of benzene rings is 2. The molecule has 19 heavy (non-hydrogen) atoms. The van der Waals surface area contributed by atoms with Crippen molar-refractivity contribution in [1.29, 1.82) is 0 Å². The van der Waals surface area contributed by atoms with Crippen LogP contribution >= 0.6 is 0 Å². The Morgan fingerprint density at radius 3 is 2.53 bits per heavy atom. The van der Waals surface area contributed by atoms with Crippen LogP contribution in [0.3, 0.4) is 0 Å². The number of para-hydroxylation sites is 1. The van der Waals surface area contributed by atoms with Crippen LogP contribution in [0, 0.1) is 6.92 Å². The molecule has 0 fully saturated rings. The van der Waals surface area contributed by atoms with Gasteiger partial charge in [0.15, 0.2) is 0 Å². The van der Waals surface area contributed by atoms with Crippen molar-refractivity contribution >= 4 is 10.9 Å². The number of hydrogen-bond donors (Lipinski definition) is 1. The summed E-state index contributed by atoms with van der Waals surface area (Å²) < 4.78 is 0. The van der Waals surface area contributed by atoms with Gasteiger partial charge in [-0.1, -0.05) is 48.5 Å². The van der Waals surface area contributed by atoms with Crippen LogP contribution in [0.5, 0.6) is 0 Å². The highest BCUT2D eigenvalue weighted by Crippen LogP contribution is 2.29. The lowest BCUT2D eigenvalue weighted by Gasteiger charge is -2.14. The molecule has 1 aromatic heterocycles. The highest BCUT2D eigenvalue weighted by Gasteiger charge is 2.14. The largest absolute Gasteiger partial charge is 0.358 e. The molecule has 0 saturated carbocycles. The Balaban J connectivity index is 2.12. The second kappa shape index (κ2) is 4.77. The zero-order chi connectivity index (χ0) is 13.2. The van der Waals surface area contributed by atoms with Crippen LogP contribution in [-0.2, 0) is 0 Å². The van der Waals surface area contributed by atoms with E-state index in [0.29, 0.717) is 0 Å². The van der Waals surface area contributed by atoms with Crippen molar-refractivity contribution in [3.8, 4) is 0 Å². The molecule has 1 heterocycles. The summed E-state index contributed by atoms with van der Waals surface area (Å²) in [5.74, 6) is 0.216. The van der Waals surface area contributed by atoms with E-state index >= 15 is 0 Å². The molecule has 0 amide bonds. The maximum Gasteiger partial charge on any atom is 0.0456 e. The van der Waals surface area contributed by atoms with E-state index < -0.39 is 0 Å². The first-order valence-electron chi connectivity index (χ1n) is 6.55. The molecule has 0 aliphatic rings. The molecule has 0 spiro atoms. The van der Waals surface area contributed by atoms with Crippen LogP contribution in [0.1, 0.15) is 22.7 Å². The van der Waals surface area contributed by atoms with E-state index in [9.17, 15) is 0 Å². The second-order valence-corrected chi connectivity index (χ2v) is 4.88. The van der Waals surface area contributed by atoms with Crippen LogP contribution in [0.2, 0.25) is 0 Å². The van der Waals surface area contributed by atoms with E-state index in [0.717, 1.165) is 0 Å². The predicted octanol–water partition coefficient (Wildman–Crippen LogP) is 4.79. The van der Waals surface area contributed by atoms with Crippen molar-refractivity contribution in [3.63, 3.8) is 0 Å². The molecule has 0 saturated heterocycles. The van der Waals surface area contributed by atoms with E-state index in [-0.39, 0.29) is 5.92 Å². The Labute approximate surface area is 113 Å². The number of rotatable bonds is 3. The van der Waals surface area contributed by atoms with Crippen molar-refractivity contribution in [1.82, 2.24) is 4.98 Å². The highest BCUT2D eigenvalue weighted by molar-refractivity contribution is 5.80. The Morgan fingerprint density at radius 2 is 1.79 bits per heavy atom. The molecule has 0 aliphatic heterocycles. The van der Waals surface area contributed by atoms with Crippen LogP contribution in [0.4, 0.5) is 0 Å². The summed E-state index contributed by atoms with van der Waals surface area (Å²) in [7, 11) is 0.